The van der Waals surface area contributed by atoms with Gasteiger partial charge in [0.25, 0.3) is 0 Å². The summed E-state index contributed by atoms with van der Waals surface area (Å²) in [5.74, 6) is 1.23. The van der Waals surface area contributed by atoms with E-state index < -0.39 is 0 Å². The van der Waals surface area contributed by atoms with E-state index in [-0.39, 0.29) is 5.91 Å². The number of imidazole rings is 1. The number of para-hydroxylation sites is 2. The fourth-order valence-electron chi connectivity index (χ4n) is 1.90. The minimum Gasteiger partial charge on any atom is -0.324 e. The number of rotatable bonds is 5. The van der Waals surface area contributed by atoms with Gasteiger partial charge in [-0.3, -0.25) is 10.1 Å². The summed E-state index contributed by atoms with van der Waals surface area (Å²) in [4.78, 5) is 19.0. The Morgan fingerprint density at radius 3 is 3.00 bits per heavy atom. The van der Waals surface area contributed by atoms with Crippen LogP contribution in [0.25, 0.3) is 11.0 Å². The van der Waals surface area contributed by atoms with Crippen molar-refractivity contribution in [2.24, 2.45) is 5.92 Å². The van der Waals surface area contributed by atoms with Gasteiger partial charge in [-0.2, -0.15) is 0 Å². The molecule has 1 aliphatic rings. The smallest absolute Gasteiger partial charge is 0.240 e. The molecule has 1 aliphatic carbocycles. The quantitative estimate of drug-likeness (QED) is 0.746. The second-order valence-corrected chi connectivity index (χ2v) is 4.73. The zero-order chi connectivity index (χ0) is 12.4. The molecule has 0 saturated heterocycles. The Labute approximate surface area is 105 Å². The zero-order valence-corrected chi connectivity index (χ0v) is 10.1. The van der Waals surface area contributed by atoms with Crippen LogP contribution in [0.3, 0.4) is 0 Å². The van der Waals surface area contributed by atoms with Crippen LogP contribution < -0.4 is 10.6 Å². The normalized spacial score (nSPS) is 14.9. The highest BCUT2D eigenvalue weighted by molar-refractivity contribution is 5.92. The van der Waals surface area contributed by atoms with E-state index in [2.05, 4.69) is 20.6 Å². The van der Waals surface area contributed by atoms with E-state index >= 15 is 0 Å². The molecule has 0 aliphatic heterocycles. The summed E-state index contributed by atoms with van der Waals surface area (Å²) in [6.07, 6.45) is 2.58. The molecule has 5 heteroatoms. The van der Waals surface area contributed by atoms with Crippen molar-refractivity contribution in [3.05, 3.63) is 24.3 Å². The first kappa shape index (κ1) is 11.2. The molecule has 0 bridgehead atoms. The highest BCUT2D eigenvalue weighted by Gasteiger charge is 2.20. The number of anilines is 1. The van der Waals surface area contributed by atoms with Crippen molar-refractivity contribution in [3.63, 3.8) is 0 Å². The molecular weight excluding hydrogens is 228 g/mol. The molecule has 2 aromatic rings. The lowest BCUT2D eigenvalue weighted by Gasteiger charge is -2.03. The van der Waals surface area contributed by atoms with Gasteiger partial charge in [0.05, 0.1) is 17.6 Å². The number of carbonyl (C=O) groups is 1. The van der Waals surface area contributed by atoms with Crippen LogP contribution in [0.5, 0.6) is 0 Å². The third-order valence-corrected chi connectivity index (χ3v) is 3.06. The Morgan fingerprint density at radius 1 is 1.39 bits per heavy atom. The number of nitrogens with zero attached hydrogens (tertiary/aromatic N) is 1. The Hall–Kier alpha value is -1.88. The zero-order valence-electron chi connectivity index (χ0n) is 10.1. The standard InChI is InChI=1S/C13H16N4O/c18-12(8-14-7-9-5-6-9)17-13-15-10-3-1-2-4-11(10)16-13/h1-4,9,14H,5-8H2,(H2,15,16,17,18). The lowest BCUT2D eigenvalue weighted by Crippen LogP contribution is -2.29. The molecule has 18 heavy (non-hydrogen) atoms. The second-order valence-electron chi connectivity index (χ2n) is 4.73. The summed E-state index contributed by atoms with van der Waals surface area (Å²) in [5.41, 5.74) is 1.79. The maximum absolute atomic E-state index is 11.7. The molecule has 1 aromatic heterocycles. The number of H-pyrrole nitrogens is 1. The lowest BCUT2D eigenvalue weighted by atomic mass is 10.3. The Morgan fingerprint density at radius 2 is 2.22 bits per heavy atom. The molecule has 3 N–H and O–H groups in total. The number of nitrogens with one attached hydrogen (secondary N) is 3. The van der Waals surface area contributed by atoms with Gasteiger partial charge in [-0.05, 0) is 37.4 Å². The molecule has 1 heterocycles. The van der Waals surface area contributed by atoms with Crippen LogP contribution in [0.15, 0.2) is 24.3 Å². The summed E-state index contributed by atoms with van der Waals surface area (Å²) < 4.78 is 0. The number of carbonyl (C=O) groups excluding carboxylic acids is 1. The van der Waals surface area contributed by atoms with E-state index in [1.807, 2.05) is 24.3 Å². The predicted molar refractivity (Wildman–Crippen MR) is 70.3 cm³/mol. The van der Waals surface area contributed by atoms with Gasteiger partial charge in [-0.15, -0.1) is 0 Å². The first-order valence-corrected chi connectivity index (χ1v) is 6.26. The summed E-state index contributed by atoms with van der Waals surface area (Å²) in [5, 5.41) is 5.90. The van der Waals surface area contributed by atoms with Crippen molar-refractivity contribution < 1.29 is 4.79 Å². The van der Waals surface area contributed by atoms with E-state index in [1.165, 1.54) is 12.8 Å². The summed E-state index contributed by atoms with van der Waals surface area (Å²) >= 11 is 0. The molecule has 0 unspecified atom stereocenters. The van der Waals surface area contributed by atoms with Crippen LogP contribution in [0.4, 0.5) is 5.95 Å². The highest BCUT2D eigenvalue weighted by atomic mass is 16.2. The van der Waals surface area contributed by atoms with Crippen molar-refractivity contribution in [2.45, 2.75) is 12.8 Å². The molecule has 1 amide bonds. The van der Waals surface area contributed by atoms with E-state index in [1.54, 1.807) is 0 Å². The average molecular weight is 244 g/mol. The van der Waals surface area contributed by atoms with Gasteiger partial charge in [-0.1, -0.05) is 12.1 Å². The van der Waals surface area contributed by atoms with E-state index in [0.717, 1.165) is 23.5 Å². The number of hydrogen-bond acceptors (Lipinski definition) is 3. The monoisotopic (exact) mass is 244 g/mol. The fraction of sp³-hybridized carbons (Fsp3) is 0.385. The van der Waals surface area contributed by atoms with Crippen molar-refractivity contribution in [1.29, 1.82) is 0 Å². The maximum atomic E-state index is 11.7. The summed E-state index contributed by atoms with van der Waals surface area (Å²) in [7, 11) is 0. The Kier molecular flexibility index (Phi) is 2.98. The molecule has 94 valence electrons. The first-order valence-electron chi connectivity index (χ1n) is 6.26. The minimum atomic E-state index is -0.0605. The van der Waals surface area contributed by atoms with Crippen LogP contribution in [0.2, 0.25) is 0 Å². The van der Waals surface area contributed by atoms with Crippen molar-refractivity contribution >= 4 is 22.9 Å². The molecule has 1 aromatic carbocycles. The number of amides is 1. The van der Waals surface area contributed by atoms with E-state index in [0.29, 0.717) is 12.5 Å². The number of aromatic amines is 1. The van der Waals surface area contributed by atoms with Crippen LogP contribution in [0, 0.1) is 5.92 Å². The molecule has 0 radical (unpaired) electrons. The fourth-order valence-corrected chi connectivity index (χ4v) is 1.90. The number of aromatic nitrogens is 2. The first-order chi connectivity index (χ1) is 8.81. The summed E-state index contributed by atoms with van der Waals surface area (Å²) in [6.45, 7) is 1.28. The SMILES string of the molecule is O=C(CNCC1CC1)Nc1nc2ccccc2[nH]1. The largest absolute Gasteiger partial charge is 0.324 e. The molecule has 5 nitrogen and oxygen atoms in total. The van der Waals surface area contributed by atoms with Gasteiger partial charge in [0, 0.05) is 0 Å². The van der Waals surface area contributed by atoms with Gasteiger partial charge >= 0.3 is 0 Å². The third kappa shape index (κ3) is 2.68. The number of hydrogen-bond donors (Lipinski definition) is 3. The van der Waals surface area contributed by atoms with E-state index in [4.69, 9.17) is 0 Å². The van der Waals surface area contributed by atoms with Gasteiger partial charge in [-0.25, -0.2) is 4.98 Å². The van der Waals surface area contributed by atoms with Gasteiger partial charge in [0.15, 0.2) is 0 Å². The number of benzene rings is 1. The van der Waals surface area contributed by atoms with Crippen molar-refractivity contribution in [1.82, 2.24) is 15.3 Å². The Bertz CT molecular complexity index is 526. The van der Waals surface area contributed by atoms with Gasteiger partial charge in [0.2, 0.25) is 11.9 Å². The second kappa shape index (κ2) is 4.78. The lowest BCUT2D eigenvalue weighted by molar-refractivity contribution is -0.115. The maximum Gasteiger partial charge on any atom is 0.240 e. The third-order valence-electron chi connectivity index (χ3n) is 3.06. The molecule has 3 rings (SSSR count). The van der Waals surface area contributed by atoms with Gasteiger partial charge < -0.3 is 10.3 Å². The van der Waals surface area contributed by atoms with Crippen LogP contribution in [0.1, 0.15) is 12.8 Å². The molecule has 0 spiro atoms. The molecule has 1 saturated carbocycles. The van der Waals surface area contributed by atoms with Crippen LogP contribution >= 0.6 is 0 Å². The highest BCUT2D eigenvalue weighted by Crippen LogP contribution is 2.27. The van der Waals surface area contributed by atoms with Crippen LogP contribution in [-0.4, -0.2) is 29.0 Å². The summed E-state index contributed by atoms with van der Waals surface area (Å²) in [6, 6.07) is 7.70. The number of fused-ring (bicyclic) bond motifs is 1. The van der Waals surface area contributed by atoms with Crippen molar-refractivity contribution in [2.75, 3.05) is 18.4 Å². The Balaban J connectivity index is 1.55. The topological polar surface area (TPSA) is 69.8 Å². The molecule has 0 atom stereocenters. The van der Waals surface area contributed by atoms with Crippen LogP contribution in [-0.2, 0) is 4.79 Å². The average Bonchev–Trinajstić information content (AvgIpc) is 3.08. The molecule has 1 fully saturated rings. The van der Waals surface area contributed by atoms with Gasteiger partial charge in [0.1, 0.15) is 0 Å². The van der Waals surface area contributed by atoms with E-state index in [9.17, 15) is 4.79 Å². The molecular formula is C13H16N4O. The van der Waals surface area contributed by atoms with Crippen molar-refractivity contribution in [3.8, 4) is 0 Å². The minimum absolute atomic E-state index is 0.0605. The predicted octanol–water partition coefficient (Wildman–Crippen LogP) is 1.50.